The first-order valence-electron chi connectivity index (χ1n) is 6.43. The van der Waals surface area contributed by atoms with Crippen molar-refractivity contribution in [3.8, 4) is 0 Å². The summed E-state index contributed by atoms with van der Waals surface area (Å²) in [5.74, 6) is -0.804. The Morgan fingerprint density at radius 3 is 2.67 bits per heavy atom. The molecule has 8 heteroatoms. The quantitative estimate of drug-likeness (QED) is 0.620. The Bertz CT molecular complexity index is 523. The summed E-state index contributed by atoms with van der Waals surface area (Å²) in [5, 5.41) is 14.1. The molecule has 0 atom stereocenters. The van der Waals surface area contributed by atoms with E-state index in [9.17, 15) is 23.7 Å². The zero-order chi connectivity index (χ0) is 16.0. The van der Waals surface area contributed by atoms with Gasteiger partial charge < -0.3 is 10.2 Å². The van der Waals surface area contributed by atoms with E-state index >= 15 is 0 Å². The van der Waals surface area contributed by atoms with Crippen LogP contribution in [0.5, 0.6) is 0 Å². The summed E-state index contributed by atoms with van der Waals surface area (Å²) in [6, 6.07) is 4.23. The first kappa shape index (κ1) is 16.8. The summed E-state index contributed by atoms with van der Waals surface area (Å²) in [7, 11) is 1.18. The predicted octanol–water partition coefficient (Wildman–Crippen LogP) is 2.75. The van der Waals surface area contributed by atoms with E-state index in [4.69, 9.17) is 0 Å². The number of nitro benzene ring substituents is 1. The average molecular weight is 301 g/mol. The summed E-state index contributed by atoms with van der Waals surface area (Å²) in [5.41, 5.74) is -0.389. The molecule has 1 amide bonds. The summed E-state index contributed by atoms with van der Waals surface area (Å²) in [6.45, 7) is 1.62. The maximum atomic E-state index is 12.3. The number of halogens is 2. The van der Waals surface area contributed by atoms with Gasteiger partial charge in [0.25, 0.3) is 12.3 Å². The van der Waals surface area contributed by atoms with Crippen LogP contribution in [0.25, 0.3) is 0 Å². The van der Waals surface area contributed by atoms with Crippen molar-refractivity contribution < 1.29 is 18.5 Å². The number of anilines is 1. The highest BCUT2D eigenvalue weighted by Gasteiger charge is 2.27. The summed E-state index contributed by atoms with van der Waals surface area (Å²) < 4.78 is 24.7. The van der Waals surface area contributed by atoms with Crippen molar-refractivity contribution in [1.29, 1.82) is 0 Å². The van der Waals surface area contributed by atoms with E-state index in [1.807, 2.05) is 6.92 Å². The maximum Gasteiger partial charge on any atom is 0.305 e. The molecule has 116 valence electrons. The fourth-order valence-corrected chi connectivity index (χ4v) is 1.81. The topological polar surface area (TPSA) is 75.5 Å². The minimum Gasteiger partial charge on any atom is -0.379 e. The van der Waals surface area contributed by atoms with E-state index in [1.165, 1.54) is 25.2 Å². The Morgan fingerprint density at radius 1 is 1.48 bits per heavy atom. The molecule has 0 saturated heterocycles. The molecular weight excluding hydrogens is 284 g/mol. The first-order chi connectivity index (χ1) is 9.88. The number of carbonyl (C=O) groups excluding carboxylic acids is 1. The third-order valence-electron chi connectivity index (χ3n) is 2.77. The molecule has 1 rings (SSSR count). The fraction of sp³-hybridized carbons (Fsp3) is 0.462. The average Bonchev–Trinajstić information content (AvgIpc) is 2.42. The van der Waals surface area contributed by atoms with Crippen LogP contribution in [0.1, 0.15) is 23.7 Å². The number of benzene rings is 1. The van der Waals surface area contributed by atoms with Gasteiger partial charge in [0.05, 0.1) is 11.5 Å². The normalized spacial score (nSPS) is 10.5. The first-order valence-corrected chi connectivity index (χ1v) is 6.43. The largest absolute Gasteiger partial charge is 0.379 e. The number of carbonyl (C=O) groups is 1. The minimum absolute atomic E-state index is 0.204. The zero-order valence-corrected chi connectivity index (χ0v) is 11.8. The lowest BCUT2D eigenvalue weighted by molar-refractivity contribution is -0.384. The third kappa shape index (κ3) is 4.37. The second-order valence-corrected chi connectivity index (χ2v) is 4.46. The van der Waals surface area contributed by atoms with Gasteiger partial charge in [0.1, 0.15) is 11.3 Å². The van der Waals surface area contributed by atoms with Gasteiger partial charge >= 0.3 is 5.69 Å². The van der Waals surface area contributed by atoms with Gasteiger partial charge in [-0.15, -0.1) is 0 Å². The van der Waals surface area contributed by atoms with Crippen molar-refractivity contribution in [1.82, 2.24) is 4.90 Å². The molecule has 0 aliphatic rings. The maximum absolute atomic E-state index is 12.3. The molecule has 0 aliphatic carbocycles. The Hall–Kier alpha value is -2.25. The van der Waals surface area contributed by atoms with Gasteiger partial charge in [0.2, 0.25) is 0 Å². The Labute approximate surface area is 120 Å². The highest BCUT2D eigenvalue weighted by Crippen LogP contribution is 2.29. The van der Waals surface area contributed by atoms with Crippen LogP contribution in [-0.2, 0) is 0 Å². The Kier molecular flexibility index (Phi) is 6.01. The molecule has 6 nitrogen and oxygen atoms in total. The molecule has 0 heterocycles. The van der Waals surface area contributed by atoms with Crippen molar-refractivity contribution in [2.45, 2.75) is 19.8 Å². The van der Waals surface area contributed by atoms with Gasteiger partial charge in [-0.3, -0.25) is 14.9 Å². The molecule has 0 fully saturated rings. The number of hydrogen-bond donors (Lipinski definition) is 1. The van der Waals surface area contributed by atoms with Gasteiger partial charge in [-0.2, -0.15) is 0 Å². The smallest absolute Gasteiger partial charge is 0.305 e. The van der Waals surface area contributed by atoms with E-state index in [1.54, 1.807) is 0 Å². The molecule has 0 spiro atoms. The Balaban J connectivity index is 3.16. The number of para-hydroxylation sites is 1. The van der Waals surface area contributed by atoms with Gasteiger partial charge in [-0.1, -0.05) is 13.0 Å². The lowest BCUT2D eigenvalue weighted by Gasteiger charge is -2.17. The number of rotatable bonds is 7. The molecule has 0 radical (unpaired) electrons. The van der Waals surface area contributed by atoms with Gasteiger partial charge in [0.15, 0.2) is 0 Å². The summed E-state index contributed by atoms with van der Waals surface area (Å²) >= 11 is 0. The predicted molar refractivity (Wildman–Crippen MR) is 74.8 cm³/mol. The summed E-state index contributed by atoms with van der Waals surface area (Å²) in [4.78, 5) is 23.4. The van der Waals surface area contributed by atoms with E-state index in [2.05, 4.69) is 5.32 Å². The van der Waals surface area contributed by atoms with Crippen LogP contribution in [0.2, 0.25) is 0 Å². The van der Waals surface area contributed by atoms with Crippen molar-refractivity contribution >= 4 is 17.3 Å². The summed E-state index contributed by atoms with van der Waals surface area (Å²) in [6.07, 6.45) is -1.94. The number of hydrogen-bond acceptors (Lipinski definition) is 4. The van der Waals surface area contributed by atoms with Crippen molar-refractivity contribution in [2.24, 2.45) is 0 Å². The van der Waals surface area contributed by atoms with Gasteiger partial charge in [0, 0.05) is 13.6 Å². The second-order valence-electron chi connectivity index (χ2n) is 4.46. The number of amides is 1. The second kappa shape index (κ2) is 7.51. The van der Waals surface area contributed by atoms with Crippen molar-refractivity contribution in [3.63, 3.8) is 0 Å². The van der Waals surface area contributed by atoms with E-state index in [0.717, 1.165) is 11.3 Å². The highest BCUT2D eigenvalue weighted by atomic mass is 19.3. The minimum atomic E-state index is -2.69. The van der Waals surface area contributed by atoms with Crippen LogP contribution in [0, 0.1) is 10.1 Å². The van der Waals surface area contributed by atoms with Crippen LogP contribution in [0.4, 0.5) is 20.2 Å². The molecular formula is C13H17F2N3O3. The van der Waals surface area contributed by atoms with Crippen LogP contribution < -0.4 is 5.32 Å². The molecule has 0 aliphatic heterocycles. The zero-order valence-electron chi connectivity index (χ0n) is 11.8. The van der Waals surface area contributed by atoms with Crippen LogP contribution in [0.15, 0.2) is 18.2 Å². The number of alkyl halides is 2. The number of nitro groups is 1. The van der Waals surface area contributed by atoms with E-state index < -0.39 is 29.5 Å². The lowest BCUT2D eigenvalue weighted by atomic mass is 10.1. The van der Waals surface area contributed by atoms with Crippen LogP contribution >= 0.6 is 0 Å². The monoisotopic (exact) mass is 301 g/mol. The molecule has 0 aromatic heterocycles. The third-order valence-corrected chi connectivity index (χ3v) is 2.77. The molecule has 21 heavy (non-hydrogen) atoms. The molecule has 1 aromatic rings. The van der Waals surface area contributed by atoms with Crippen molar-refractivity contribution in [2.75, 3.05) is 25.5 Å². The molecule has 1 N–H and O–H groups in total. The highest BCUT2D eigenvalue weighted by molar-refractivity contribution is 6.00. The molecule has 0 bridgehead atoms. The van der Waals surface area contributed by atoms with Gasteiger partial charge in [-0.25, -0.2) is 8.78 Å². The van der Waals surface area contributed by atoms with Crippen LogP contribution in [-0.4, -0.2) is 42.3 Å². The standard InChI is InChI=1S/C13H17F2N3O3/c1-3-7-16-10-6-4-5-9(12(10)18(20)21)13(19)17(2)8-11(14)15/h4-6,11,16H,3,7-8H2,1-2H3. The molecule has 1 aromatic carbocycles. The number of nitrogens with zero attached hydrogens (tertiary/aromatic N) is 2. The Morgan fingerprint density at radius 2 is 2.14 bits per heavy atom. The lowest BCUT2D eigenvalue weighted by Crippen LogP contribution is -2.31. The molecule has 0 saturated carbocycles. The van der Waals surface area contributed by atoms with E-state index in [0.29, 0.717) is 6.54 Å². The van der Waals surface area contributed by atoms with Crippen LogP contribution in [0.3, 0.4) is 0 Å². The van der Waals surface area contributed by atoms with E-state index in [-0.39, 0.29) is 11.3 Å². The SMILES string of the molecule is CCCNc1cccc(C(=O)N(C)CC(F)F)c1[N+](=O)[O-]. The van der Waals surface area contributed by atoms with Gasteiger partial charge in [-0.05, 0) is 18.6 Å². The van der Waals surface area contributed by atoms with Crippen molar-refractivity contribution in [3.05, 3.63) is 33.9 Å². The molecule has 0 unspecified atom stereocenters. The number of nitrogens with one attached hydrogen (secondary N) is 1. The fourth-order valence-electron chi connectivity index (χ4n) is 1.81.